The van der Waals surface area contributed by atoms with E-state index in [1.54, 1.807) is 6.07 Å². The van der Waals surface area contributed by atoms with Crippen LogP contribution >= 0.6 is 0 Å². The molecule has 0 saturated carbocycles. The Kier molecular flexibility index (Phi) is 3.39. The van der Waals surface area contributed by atoms with Gasteiger partial charge in [0.2, 0.25) is 0 Å². The third-order valence-corrected chi connectivity index (χ3v) is 3.05. The van der Waals surface area contributed by atoms with Gasteiger partial charge >= 0.3 is 0 Å². The minimum atomic E-state index is -0.247. The lowest BCUT2D eigenvalue weighted by molar-refractivity contribution is 0.627. The highest BCUT2D eigenvalue weighted by molar-refractivity contribution is 5.60. The third-order valence-electron chi connectivity index (χ3n) is 3.05. The Bertz CT molecular complexity index is 571. The van der Waals surface area contributed by atoms with E-state index in [2.05, 4.69) is 9.97 Å². The summed E-state index contributed by atoms with van der Waals surface area (Å²) in [5, 5.41) is 0. The molecule has 2 N–H and O–H groups in total. The molecule has 0 spiro atoms. The number of hydrogen-bond acceptors (Lipinski definition) is 3. The molecule has 4 heteroatoms. The highest BCUT2D eigenvalue weighted by Crippen LogP contribution is 2.22. The molecule has 0 fully saturated rings. The second-order valence-corrected chi connectivity index (χ2v) is 4.36. The lowest BCUT2D eigenvalue weighted by Crippen LogP contribution is -2.07. The zero-order valence-electron chi connectivity index (χ0n) is 10.8. The minimum absolute atomic E-state index is 0.247. The summed E-state index contributed by atoms with van der Waals surface area (Å²) in [5.74, 6) is 0.378. The van der Waals surface area contributed by atoms with Crippen molar-refractivity contribution < 1.29 is 4.39 Å². The number of rotatable bonds is 2. The van der Waals surface area contributed by atoms with Crippen LogP contribution in [0.3, 0.4) is 0 Å². The summed E-state index contributed by atoms with van der Waals surface area (Å²) in [7, 11) is 0. The molecule has 0 radical (unpaired) electrons. The fourth-order valence-electron chi connectivity index (χ4n) is 2.03. The Morgan fingerprint density at radius 1 is 1.11 bits per heavy atom. The second-order valence-electron chi connectivity index (χ2n) is 4.36. The first-order valence-electron chi connectivity index (χ1n) is 5.83. The molecule has 0 aliphatic carbocycles. The van der Waals surface area contributed by atoms with Gasteiger partial charge in [0.05, 0.1) is 0 Å². The zero-order valence-corrected chi connectivity index (χ0v) is 10.8. The number of nitrogens with two attached hydrogens (primary N) is 1. The van der Waals surface area contributed by atoms with Gasteiger partial charge in [0.25, 0.3) is 0 Å². The topological polar surface area (TPSA) is 51.8 Å². The van der Waals surface area contributed by atoms with Crippen LogP contribution in [0.25, 0.3) is 11.4 Å². The molecule has 0 amide bonds. The van der Waals surface area contributed by atoms with Gasteiger partial charge in [-0.1, -0.05) is 0 Å². The molecule has 1 aromatic heterocycles. The van der Waals surface area contributed by atoms with Crippen molar-refractivity contribution in [3.8, 4) is 11.4 Å². The highest BCUT2D eigenvalue weighted by atomic mass is 19.1. The molecule has 94 valence electrons. The smallest absolute Gasteiger partial charge is 0.159 e. The zero-order chi connectivity index (χ0) is 13.3. The van der Waals surface area contributed by atoms with Gasteiger partial charge in [-0.05, 0) is 44.5 Å². The van der Waals surface area contributed by atoms with E-state index in [1.165, 1.54) is 12.1 Å². The van der Waals surface area contributed by atoms with Crippen molar-refractivity contribution >= 4 is 0 Å². The van der Waals surface area contributed by atoms with Crippen LogP contribution in [0.4, 0.5) is 4.39 Å². The Labute approximate surface area is 106 Å². The second kappa shape index (κ2) is 4.82. The highest BCUT2D eigenvalue weighted by Gasteiger charge is 2.10. The average Bonchev–Trinajstić information content (AvgIpc) is 2.28. The first-order chi connectivity index (χ1) is 8.52. The van der Waals surface area contributed by atoms with Crippen molar-refractivity contribution in [1.82, 2.24) is 9.97 Å². The molecule has 0 aliphatic rings. The van der Waals surface area contributed by atoms with Crippen LogP contribution in [-0.2, 0) is 6.54 Å². The first-order valence-corrected chi connectivity index (χ1v) is 5.83. The number of halogens is 1. The molecule has 0 atom stereocenters. The van der Waals surface area contributed by atoms with Crippen molar-refractivity contribution in [3.63, 3.8) is 0 Å². The van der Waals surface area contributed by atoms with Crippen LogP contribution in [0.15, 0.2) is 18.2 Å². The fraction of sp³-hybridized carbons (Fsp3) is 0.286. The van der Waals surface area contributed by atoms with E-state index in [1.807, 2.05) is 20.8 Å². The van der Waals surface area contributed by atoms with E-state index in [-0.39, 0.29) is 5.82 Å². The van der Waals surface area contributed by atoms with Crippen LogP contribution in [-0.4, -0.2) is 9.97 Å². The molecule has 2 aromatic rings. The van der Waals surface area contributed by atoms with Crippen LogP contribution in [0.5, 0.6) is 0 Å². The van der Waals surface area contributed by atoms with Gasteiger partial charge in [0.15, 0.2) is 5.82 Å². The maximum absolute atomic E-state index is 13.1. The van der Waals surface area contributed by atoms with Gasteiger partial charge in [0, 0.05) is 29.1 Å². The standard InChI is InChI=1S/C14H16FN3/c1-8-6-11(15)4-5-12(8)14-17-9(2)13(7-16)10(3)18-14/h4-6H,7,16H2,1-3H3. The lowest BCUT2D eigenvalue weighted by atomic mass is 10.1. The van der Waals surface area contributed by atoms with E-state index in [0.29, 0.717) is 12.4 Å². The molecule has 0 bridgehead atoms. The lowest BCUT2D eigenvalue weighted by Gasteiger charge is -2.10. The number of aromatic nitrogens is 2. The maximum Gasteiger partial charge on any atom is 0.159 e. The Hall–Kier alpha value is -1.81. The Morgan fingerprint density at radius 2 is 1.72 bits per heavy atom. The van der Waals surface area contributed by atoms with Crippen molar-refractivity contribution in [3.05, 3.63) is 46.5 Å². The van der Waals surface area contributed by atoms with E-state index < -0.39 is 0 Å². The van der Waals surface area contributed by atoms with Gasteiger partial charge in [-0.2, -0.15) is 0 Å². The summed E-state index contributed by atoms with van der Waals surface area (Å²) < 4.78 is 13.1. The van der Waals surface area contributed by atoms with Crippen molar-refractivity contribution in [1.29, 1.82) is 0 Å². The molecule has 0 aliphatic heterocycles. The first kappa shape index (κ1) is 12.6. The monoisotopic (exact) mass is 245 g/mol. The number of aryl methyl sites for hydroxylation is 3. The molecule has 0 saturated heterocycles. The van der Waals surface area contributed by atoms with E-state index in [9.17, 15) is 4.39 Å². The summed E-state index contributed by atoms with van der Waals surface area (Å²) in [6, 6.07) is 4.62. The van der Waals surface area contributed by atoms with Crippen LogP contribution in [0.2, 0.25) is 0 Å². The van der Waals surface area contributed by atoms with Gasteiger partial charge < -0.3 is 5.73 Å². The largest absolute Gasteiger partial charge is 0.326 e. The van der Waals surface area contributed by atoms with Gasteiger partial charge in [-0.3, -0.25) is 0 Å². The number of nitrogens with zero attached hydrogens (tertiary/aromatic N) is 2. The molecular weight excluding hydrogens is 229 g/mol. The fourth-order valence-corrected chi connectivity index (χ4v) is 2.03. The van der Waals surface area contributed by atoms with Crippen molar-refractivity contribution in [2.24, 2.45) is 5.73 Å². The predicted molar refractivity (Wildman–Crippen MR) is 69.5 cm³/mol. The minimum Gasteiger partial charge on any atom is -0.326 e. The summed E-state index contributed by atoms with van der Waals surface area (Å²) in [4.78, 5) is 8.90. The number of hydrogen-bond donors (Lipinski definition) is 1. The van der Waals surface area contributed by atoms with Gasteiger partial charge in [0.1, 0.15) is 5.82 Å². The molecule has 1 aromatic carbocycles. The normalized spacial score (nSPS) is 10.7. The molecule has 18 heavy (non-hydrogen) atoms. The summed E-state index contributed by atoms with van der Waals surface area (Å²) in [6.07, 6.45) is 0. The van der Waals surface area contributed by atoms with E-state index in [4.69, 9.17) is 5.73 Å². The van der Waals surface area contributed by atoms with Crippen LogP contribution in [0.1, 0.15) is 22.5 Å². The predicted octanol–water partition coefficient (Wildman–Crippen LogP) is 2.67. The summed E-state index contributed by atoms with van der Waals surface area (Å²) in [5.41, 5.74) is 10.1. The van der Waals surface area contributed by atoms with Crippen molar-refractivity contribution in [2.45, 2.75) is 27.3 Å². The van der Waals surface area contributed by atoms with E-state index in [0.717, 1.165) is 28.1 Å². The molecule has 0 unspecified atom stereocenters. The number of benzene rings is 1. The molecule has 1 heterocycles. The third kappa shape index (κ3) is 2.24. The molecule has 2 rings (SSSR count). The molecular formula is C14H16FN3. The quantitative estimate of drug-likeness (QED) is 0.885. The van der Waals surface area contributed by atoms with E-state index >= 15 is 0 Å². The summed E-state index contributed by atoms with van der Waals surface area (Å²) in [6.45, 7) is 6.11. The van der Waals surface area contributed by atoms with Gasteiger partial charge in [-0.25, -0.2) is 14.4 Å². The average molecular weight is 245 g/mol. The summed E-state index contributed by atoms with van der Waals surface area (Å²) >= 11 is 0. The van der Waals surface area contributed by atoms with Crippen LogP contribution in [0, 0.1) is 26.6 Å². The SMILES string of the molecule is Cc1cc(F)ccc1-c1nc(C)c(CN)c(C)n1. The van der Waals surface area contributed by atoms with Crippen molar-refractivity contribution in [2.75, 3.05) is 0 Å². The Morgan fingerprint density at radius 3 is 2.22 bits per heavy atom. The maximum atomic E-state index is 13.1. The van der Waals surface area contributed by atoms with Gasteiger partial charge in [-0.15, -0.1) is 0 Å². The molecule has 3 nitrogen and oxygen atoms in total. The Balaban J connectivity index is 2.58. The van der Waals surface area contributed by atoms with Crippen LogP contribution < -0.4 is 5.73 Å².